The van der Waals surface area contributed by atoms with E-state index >= 15 is 0 Å². The number of thioether (sulfide) groups is 1. The Morgan fingerprint density at radius 1 is 1.26 bits per heavy atom. The molecule has 202 valence electrons. The SMILES string of the molecule is C=CCn1c(CCCOc2ccc(Cl)cc2Cl)nnc1SCC(=O)Nc1sc2c(c1C(=O)OC)CCCC2. The summed E-state index contributed by atoms with van der Waals surface area (Å²) in [6.45, 7) is 4.79. The third-order valence-corrected chi connectivity index (χ3v) is 8.65. The lowest BCUT2D eigenvalue weighted by molar-refractivity contribution is -0.113. The molecule has 0 saturated heterocycles. The van der Waals surface area contributed by atoms with Crippen LogP contribution in [0.4, 0.5) is 5.00 Å². The van der Waals surface area contributed by atoms with E-state index in [1.165, 1.54) is 30.2 Å². The van der Waals surface area contributed by atoms with Crippen LogP contribution in [0.2, 0.25) is 10.0 Å². The molecule has 0 radical (unpaired) electrons. The van der Waals surface area contributed by atoms with Crippen molar-refractivity contribution in [1.29, 1.82) is 0 Å². The summed E-state index contributed by atoms with van der Waals surface area (Å²) in [4.78, 5) is 26.4. The number of rotatable bonds is 12. The second-order valence-corrected chi connectivity index (χ2v) is 11.5. The Kier molecular flexibility index (Phi) is 10.1. The van der Waals surface area contributed by atoms with Crippen LogP contribution in [-0.2, 0) is 35.3 Å². The molecule has 2 aromatic heterocycles. The molecule has 38 heavy (non-hydrogen) atoms. The first-order valence-electron chi connectivity index (χ1n) is 12.2. The minimum absolute atomic E-state index is 0.122. The molecule has 0 spiro atoms. The van der Waals surface area contributed by atoms with Gasteiger partial charge >= 0.3 is 5.97 Å². The van der Waals surface area contributed by atoms with Gasteiger partial charge in [-0.1, -0.05) is 41.0 Å². The van der Waals surface area contributed by atoms with Crippen LogP contribution in [0, 0.1) is 0 Å². The summed E-state index contributed by atoms with van der Waals surface area (Å²) in [5.74, 6) is 0.841. The minimum Gasteiger partial charge on any atom is -0.492 e. The number of aryl methyl sites for hydroxylation is 2. The summed E-state index contributed by atoms with van der Waals surface area (Å²) in [6.07, 6.45) is 6.94. The lowest BCUT2D eigenvalue weighted by Crippen LogP contribution is -2.17. The average Bonchev–Trinajstić information content (AvgIpc) is 3.46. The van der Waals surface area contributed by atoms with Gasteiger partial charge in [0.1, 0.15) is 16.6 Å². The molecule has 3 aromatic rings. The summed E-state index contributed by atoms with van der Waals surface area (Å²) in [5, 5.41) is 13.7. The largest absolute Gasteiger partial charge is 0.492 e. The van der Waals surface area contributed by atoms with Crippen LogP contribution in [0.1, 0.15) is 45.9 Å². The van der Waals surface area contributed by atoms with Gasteiger partial charge < -0.3 is 19.4 Å². The second-order valence-electron chi connectivity index (χ2n) is 8.57. The first kappa shape index (κ1) is 28.5. The van der Waals surface area contributed by atoms with Gasteiger partial charge in [0.25, 0.3) is 0 Å². The van der Waals surface area contributed by atoms with Crippen molar-refractivity contribution in [3.63, 3.8) is 0 Å². The van der Waals surface area contributed by atoms with E-state index < -0.39 is 5.97 Å². The third-order valence-electron chi connectivity index (χ3n) is 5.95. The Morgan fingerprint density at radius 3 is 2.84 bits per heavy atom. The molecule has 1 amide bonds. The van der Waals surface area contributed by atoms with Crippen LogP contribution in [0.15, 0.2) is 36.0 Å². The Balaban J connectivity index is 1.35. The van der Waals surface area contributed by atoms with Crippen molar-refractivity contribution in [3.05, 3.63) is 62.7 Å². The summed E-state index contributed by atoms with van der Waals surface area (Å²) in [5.41, 5.74) is 1.50. The molecule has 0 bridgehead atoms. The third kappa shape index (κ3) is 6.91. The molecule has 4 rings (SSSR count). The van der Waals surface area contributed by atoms with Crippen molar-refractivity contribution >= 4 is 63.2 Å². The predicted molar refractivity (Wildman–Crippen MR) is 152 cm³/mol. The molecule has 0 unspecified atom stereocenters. The van der Waals surface area contributed by atoms with E-state index in [0.717, 1.165) is 41.9 Å². The maximum absolute atomic E-state index is 12.8. The summed E-state index contributed by atoms with van der Waals surface area (Å²) in [7, 11) is 1.36. The van der Waals surface area contributed by atoms with Crippen LogP contribution < -0.4 is 10.1 Å². The number of nitrogens with one attached hydrogen (secondary N) is 1. The number of hydrogen-bond donors (Lipinski definition) is 1. The lowest BCUT2D eigenvalue weighted by atomic mass is 9.95. The zero-order valence-corrected chi connectivity index (χ0v) is 24.1. The first-order valence-corrected chi connectivity index (χ1v) is 14.7. The van der Waals surface area contributed by atoms with E-state index in [-0.39, 0.29) is 11.7 Å². The topological polar surface area (TPSA) is 95.3 Å². The van der Waals surface area contributed by atoms with E-state index in [1.54, 1.807) is 24.3 Å². The van der Waals surface area contributed by atoms with Crippen molar-refractivity contribution in [2.75, 3.05) is 24.8 Å². The van der Waals surface area contributed by atoms with Gasteiger partial charge in [0, 0.05) is 22.9 Å². The number of carbonyl (C=O) groups is 2. The Hall–Kier alpha value is -2.53. The molecular formula is C26H28Cl2N4O4S2. The standard InChI is InChI=1S/C26H28Cl2N4O4S2/c1-3-12-32-21(9-6-13-36-19-11-10-16(27)14-18(19)28)30-31-26(32)37-15-22(33)29-24-23(25(34)35-2)17-7-4-5-8-20(17)38-24/h3,10-11,14H,1,4-9,12-13,15H2,2H3,(H,29,33). The number of allylic oxidation sites excluding steroid dienone is 1. The number of fused-ring (bicyclic) bond motifs is 1. The van der Waals surface area contributed by atoms with Gasteiger partial charge in [-0.05, 0) is 55.9 Å². The fraction of sp³-hybridized carbons (Fsp3) is 0.385. The minimum atomic E-state index is -0.412. The van der Waals surface area contributed by atoms with E-state index in [0.29, 0.717) is 57.5 Å². The van der Waals surface area contributed by atoms with Crippen LogP contribution in [0.25, 0.3) is 0 Å². The Labute approximate surface area is 239 Å². The van der Waals surface area contributed by atoms with Gasteiger partial charge in [0.2, 0.25) is 5.91 Å². The highest BCUT2D eigenvalue weighted by molar-refractivity contribution is 7.99. The number of halogens is 2. The van der Waals surface area contributed by atoms with Gasteiger partial charge in [0.15, 0.2) is 5.16 Å². The fourth-order valence-corrected chi connectivity index (χ4v) is 6.72. The number of anilines is 1. The molecule has 8 nitrogen and oxygen atoms in total. The Bertz CT molecular complexity index is 1320. The molecule has 1 aliphatic rings. The zero-order chi connectivity index (χ0) is 27.1. The molecule has 0 aliphatic heterocycles. The Morgan fingerprint density at radius 2 is 2.08 bits per heavy atom. The quantitative estimate of drug-likeness (QED) is 0.115. The van der Waals surface area contributed by atoms with Crippen LogP contribution >= 0.6 is 46.3 Å². The van der Waals surface area contributed by atoms with Crippen molar-refractivity contribution in [1.82, 2.24) is 14.8 Å². The average molecular weight is 596 g/mol. The normalized spacial score (nSPS) is 12.6. The van der Waals surface area contributed by atoms with Crippen molar-refractivity contribution in [3.8, 4) is 5.75 Å². The van der Waals surface area contributed by atoms with Crippen molar-refractivity contribution in [2.24, 2.45) is 0 Å². The molecular weight excluding hydrogens is 567 g/mol. The monoisotopic (exact) mass is 594 g/mol. The molecule has 2 heterocycles. The van der Waals surface area contributed by atoms with E-state index in [1.807, 2.05) is 4.57 Å². The first-order chi connectivity index (χ1) is 18.4. The van der Waals surface area contributed by atoms with Gasteiger partial charge in [-0.15, -0.1) is 28.1 Å². The number of benzene rings is 1. The van der Waals surface area contributed by atoms with Gasteiger partial charge in [0.05, 0.1) is 30.1 Å². The number of methoxy groups -OCH3 is 1. The maximum Gasteiger partial charge on any atom is 0.341 e. The van der Waals surface area contributed by atoms with Gasteiger partial charge in [-0.3, -0.25) is 4.79 Å². The fourth-order valence-electron chi connectivity index (χ4n) is 4.19. The highest BCUT2D eigenvalue weighted by atomic mass is 35.5. The summed E-state index contributed by atoms with van der Waals surface area (Å²) in [6, 6.07) is 5.11. The van der Waals surface area contributed by atoms with E-state index in [9.17, 15) is 9.59 Å². The second kappa shape index (κ2) is 13.5. The number of thiophene rings is 1. The smallest absolute Gasteiger partial charge is 0.341 e. The molecule has 0 fully saturated rings. The number of carbonyl (C=O) groups excluding carboxylic acids is 2. The van der Waals surface area contributed by atoms with Crippen molar-refractivity contribution < 1.29 is 19.1 Å². The number of nitrogens with zero attached hydrogens (tertiary/aromatic N) is 3. The van der Waals surface area contributed by atoms with Crippen molar-refractivity contribution in [2.45, 2.75) is 50.2 Å². The van der Waals surface area contributed by atoms with Crippen LogP contribution in [0.5, 0.6) is 5.75 Å². The highest BCUT2D eigenvalue weighted by Crippen LogP contribution is 2.38. The molecule has 1 aromatic carbocycles. The molecule has 1 aliphatic carbocycles. The van der Waals surface area contributed by atoms with E-state index in [2.05, 4.69) is 22.1 Å². The number of esters is 1. The molecule has 1 N–H and O–H groups in total. The number of amides is 1. The van der Waals surface area contributed by atoms with Gasteiger partial charge in [-0.2, -0.15) is 0 Å². The summed E-state index contributed by atoms with van der Waals surface area (Å²) < 4.78 is 12.7. The molecule has 0 saturated carbocycles. The van der Waals surface area contributed by atoms with Crippen LogP contribution in [-0.4, -0.2) is 46.1 Å². The zero-order valence-electron chi connectivity index (χ0n) is 20.9. The van der Waals surface area contributed by atoms with E-state index in [4.69, 9.17) is 32.7 Å². The highest BCUT2D eigenvalue weighted by Gasteiger charge is 2.27. The maximum atomic E-state index is 12.8. The molecule has 0 atom stereocenters. The van der Waals surface area contributed by atoms with Crippen LogP contribution in [0.3, 0.4) is 0 Å². The predicted octanol–water partition coefficient (Wildman–Crippen LogP) is 6.24. The number of hydrogen-bond acceptors (Lipinski definition) is 8. The summed E-state index contributed by atoms with van der Waals surface area (Å²) >= 11 is 14.8. The lowest BCUT2D eigenvalue weighted by Gasteiger charge is -2.11. The number of aromatic nitrogens is 3. The molecule has 12 heteroatoms. The van der Waals surface area contributed by atoms with Gasteiger partial charge in [-0.25, -0.2) is 4.79 Å². The number of ether oxygens (including phenoxy) is 2.